The minimum Gasteiger partial charge on any atom is -0.443 e. The summed E-state index contributed by atoms with van der Waals surface area (Å²) in [6, 6.07) is 7.61. The lowest BCUT2D eigenvalue weighted by Gasteiger charge is -2.27. The van der Waals surface area contributed by atoms with Crippen LogP contribution in [0.25, 0.3) is 22.2 Å². The average Bonchev–Trinajstić information content (AvgIpc) is 3.09. The van der Waals surface area contributed by atoms with E-state index in [1.54, 1.807) is 68.5 Å². The minimum absolute atomic E-state index is 0.255. The molecule has 0 radical (unpaired) electrons. The Morgan fingerprint density at radius 3 is 1.92 bits per heavy atom. The van der Waals surface area contributed by atoms with Gasteiger partial charge in [0.05, 0.1) is 11.7 Å². The number of anilines is 1. The van der Waals surface area contributed by atoms with Crippen molar-refractivity contribution in [2.45, 2.75) is 79.1 Å². The molecule has 2 amide bonds. The Labute approximate surface area is 235 Å². The van der Waals surface area contributed by atoms with E-state index in [2.05, 4.69) is 32.6 Å². The number of carbonyl (C=O) groups is 3. The molecule has 0 unspecified atom stereocenters. The van der Waals surface area contributed by atoms with E-state index in [4.69, 9.17) is 14.2 Å². The first-order valence-corrected chi connectivity index (χ1v) is 13.1. The van der Waals surface area contributed by atoms with E-state index in [-0.39, 0.29) is 5.95 Å². The van der Waals surface area contributed by atoms with Crippen LogP contribution in [0.15, 0.2) is 36.7 Å². The molecular weight excluding hydrogens is 603 g/mol. The lowest BCUT2D eigenvalue weighted by Crippen LogP contribution is -2.44. The quantitative estimate of drug-likeness (QED) is 0.215. The molecule has 38 heavy (non-hydrogen) atoms. The van der Waals surface area contributed by atoms with Crippen molar-refractivity contribution >= 4 is 57.9 Å². The lowest BCUT2D eigenvalue weighted by atomic mass is 10.1. The zero-order valence-electron chi connectivity index (χ0n) is 23.1. The van der Waals surface area contributed by atoms with Crippen molar-refractivity contribution in [2.24, 2.45) is 0 Å². The molecule has 0 spiro atoms. The molecule has 10 nitrogen and oxygen atoms in total. The summed E-state index contributed by atoms with van der Waals surface area (Å²) >= 11 is 2.19. The molecule has 204 valence electrons. The molecule has 0 fully saturated rings. The molecule has 11 heteroatoms. The van der Waals surface area contributed by atoms with Gasteiger partial charge >= 0.3 is 18.3 Å². The van der Waals surface area contributed by atoms with E-state index in [9.17, 15) is 14.4 Å². The predicted octanol–water partition coefficient (Wildman–Crippen LogP) is 7.16. The number of aromatic nitrogens is 3. The number of imide groups is 1. The van der Waals surface area contributed by atoms with Crippen molar-refractivity contribution < 1.29 is 28.6 Å². The fourth-order valence-corrected chi connectivity index (χ4v) is 3.83. The highest BCUT2D eigenvalue weighted by Crippen LogP contribution is 2.32. The molecule has 0 aliphatic carbocycles. The van der Waals surface area contributed by atoms with E-state index in [1.165, 1.54) is 10.8 Å². The molecular formula is C27H33IN4O6. The largest absolute Gasteiger partial charge is 0.443 e. The highest BCUT2D eigenvalue weighted by Gasteiger charge is 2.35. The lowest BCUT2D eigenvalue weighted by molar-refractivity contribution is 0.0425. The van der Waals surface area contributed by atoms with Gasteiger partial charge in [0, 0.05) is 15.3 Å². The van der Waals surface area contributed by atoms with Crippen molar-refractivity contribution in [1.82, 2.24) is 14.5 Å². The summed E-state index contributed by atoms with van der Waals surface area (Å²) in [5, 5.41) is 0. The maximum Gasteiger partial charge on any atom is 0.427 e. The number of amides is 2. The number of carbonyl (C=O) groups excluding carboxylic acids is 3. The highest BCUT2D eigenvalue weighted by atomic mass is 127. The van der Waals surface area contributed by atoms with E-state index >= 15 is 0 Å². The maximum absolute atomic E-state index is 13.1. The number of hydrogen-bond acceptors (Lipinski definition) is 8. The third kappa shape index (κ3) is 7.42. The molecule has 0 saturated heterocycles. The molecule has 2 aromatic heterocycles. The second kappa shape index (κ2) is 10.5. The second-order valence-electron chi connectivity index (χ2n) is 11.6. The number of rotatable bonds is 2. The van der Waals surface area contributed by atoms with Gasteiger partial charge in [0.25, 0.3) is 0 Å². The normalized spacial score (nSPS) is 12.3. The van der Waals surface area contributed by atoms with Crippen molar-refractivity contribution in [1.29, 1.82) is 0 Å². The van der Waals surface area contributed by atoms with E-state index in [0.717, 1.165) is 9.13 Å². The first-order valence-electron chi connectivity index (χ1n) is 12.0. The summed E-state index contributed by atoms with van der Waals surface area (Å²) in [6.07, 6.45) is 0.364. The third-order valence-corrected chi connectivity index (χ3v) is 5.28. The average molecular weight is 636 g/mol. The van der Waals surface area contributed by atoms with Gasteiger partial charge < -0.3 is 14.2 Å². The van der Waals surface area contributed by atoms with Crippen LogP contribution in [0.5, 0.6) is 0 Å². The number of halogens is 1. The molecule has 3 aromatic rings. The first-order chi connectivity index (χ1) is 17.3. The Kier molecular flexibility index (Phi) is 8.11. The first kappa shape index (κ1) is 29.3. The Bertz CT molecular complexity index is 1350. The van der Waals surface area contributed by atoms with Crippen molar-refractivity contribution in [3.63, 3.8) is 0 Å². The number of nitrogens with zero attached hydrogens (tertiary/aromatic N) is 4. The summed E-state index contributed by atoms with van der Waals surface area (Å²) in [6.45, 7) is 15.4. The molecule has 0 saturated carbocycles. The molecule has 0 N–H and O–H groups in total. The zero-order chi connectivity index (χ0) is 28.6. The fourth-order valence-electron chi connectivity index (χ4n) is 3.29. The molecule has 3 rings (SSSR count). The number of benzene rings is 1. The van der Waals surface area contributed by atoms with Crippen LogP contribution in [0, 0.1) is 3.57 Å². The van der Waals surface area contributed by atoms with Gasteiger partial charge in [0.2, 0.25) is 5.95 Å². The van der Waals surface area contributed by atoms with E-state index < -0.39 is 35.1 Å². The summed E-state index contributed by atoms with van der Waals surface area (Å²) in [4.78, 5) is 48.8. The van der Waals surface area contributed by atoms with Crippen LogP contribution in [-0.4, -0.2) is 49.6 Å². The fraction of sp³-hybridized carbons (Fsp3) is 0.444. The van der Waals surface area contributed by atoms with E-state index in [0.29, 0.717) is 21.5 Å². The van der Waals surface area contributed by atoms with Gasteiger partial charge in [-0.1, -0.05) is 12.1 Å². The second-order valence-corrected chi connectivity index (χ2v) is 12.8. The van der Waals surface area contributed by atoms with Crippen molar-refractivity contribution in [2.75, 3.05) is 4.90 Å². The van der Waals surface area contributed by atoms with E-state index in [1.807, 2.05) is 24.3 Å². The summed E-state index contributed by atoms with van der Waals surface area (Å²) in [5.41, 5.74) is -0.497. The summed E-state index contributed by atoms with van der Waals surface area (Å²) in [7, 11) is 0. The molecule has 0 atom stereocenters. The SMILES string of the molecule is CC(C)(C)OC(=O)N(C(=O)OC(C)(C)C)c1ncc2c(n1)c(-c1cccc(I)c1)cn2C(=O)OC(C)(C)C. The van der Waals surface area contributed by atoms with Gasteiger partial charge in [0.1, 0.15) is 22.3 Å². The Hall–Kier alpha value is -3.22. The van der Waals surface area contributed by atoms with Gasteiger partial charge in [-0.2, -0.15) is 0 Å². The Balaban J connectivity index is 2.24. The number of hydrogen-bond donors (Lipinski definition) is 0. The maximum atomic E-state index is 13.1. The van der Waals surface area contributed by atoms with Gasteiger partial charge in [-0.05, 0) is 103 Å². The summed E-state index contributed by atoms with van der Waals surface area (Å²) in [5.74, 6) is -0.255. The number of fused-ring (bicyclic) bond motifs is 1. The van der Waals surface area contributed by atoms with Crippen molar-refractivity contribution in [3.8, 4) is 11.1 Å². The standard InChI is InChI=1S/C27H33IN4O6/c1-25(2,3)36-22(33)31-15-18(16-11-10-12-17(28)13-16)20-19(31)14-29-21(30-20)32(23(34)37-26(4,5)6)24(35)38-27(7,8)9/h10-15H,1-9H3. The van der Waals surface area contributed by atoms with Gasteiger partial charge in [-0.15, -0.1) is 4.90 Å². The van der Waals surface area contributed by atoms with Crippen molar-refractivity contribution in [3.05, 3.63) is 40.2 Å². The monoisotopic (exact) mass is 636 g/mol. The third-order valence-electron chi connectivity index (χ3n) is 4.61. The van der Waals surface area contributed by atoms with Crippen LogP contribution in [0.3, 0.4) is 0 Å². The molecule has 2 heterocycles. The number of ether oxygens (including phenoxy) is 3. The van der Waals surface area contributed by atoms with Crippen LogP contribution >= 0.6 is 22.6 Å². The minimum atomic E-state index is -0.992. The van der Waals surface area contributed by atoms with Gasteiger partial charge in [-0.3, -0.25) is 0 Å². The summed E-state index contributed by atoms with van der Waals surface area (Å²) < 4.78 is 18.8. The van der Waals surface area contributed by atoms with Crippen LogP contribution in [0.2, 0.25) is 0 Å². The van der Waals surface area contributed by atoms with Crippen LogP contribution in [0.4, 0.5) is 20.3 Å². The van der Waals surface area contributed by atoms with Crippen LogP contribution in [0.1, 0.15) is 62.3 Å². The Morgan fingerprint density at radius 2 is 1.42 bits per heavy atom. The van der Waals surface area contributed by atoms with Gasteiger partial charge in [-0.25, -0.2) is 28.9 Å². The molecule has 0 aliphatic rings. The highest BCUT2D eigenvalue weighted by molar-refractivity contribution is 14.1. The van der Waals surface area contributed by atoms with Crippen LogP contribution in [-0.2, 0) is 14.2 Å². The Morgan fingerprint density at radius 1 is 0.868 bits per heavy atom. The predicted molar refractivity (Wildman–Crippen MR) is 152 cm³/mol. The topological polar surface area (TPSA) is 113 Å². The molecule has 0 bridgehead atoms. The van der Waals surface area contributed by atoms with Crippen LogP contribution < -0.4 is 4.90 Å². The van der Waals surface area contributed by atoms with Gasteiger partial charge in [0.15, 0.2) is 0 Å². The molecule has 0 aliphatic heterocycles. The zero-order valence-corrected chi connectivity index (χ0v) is 25.2. The smallest absolute Gasteiger partial charge is 0.427 e. The molecule has 1 aromatic carbocycles.